The number of hydrogen-bond acceptors (Lipinski definition) is 6. The van der Waals surface area contributed by atoms with Gasteiger partial charge < -0.3 is 14.6 Å². The van der Waals surface area contributed by atoms with Crippen molar-refractivity contribution in [3.8, 4) is 17.0 Å². The predicted molar refractivity (Wildman–Crippen MR) is 149 cm³/mol. The molecule has 2 N–H and O–H groups in total. The molecular weight excluding hydrogens is 535 g/mol. The first-order chi connectivity index (χ1) is 17.7. The molecule has 2 aromatic carbocycles. The highest BCUT2D eigenvalue weighted by molar-refractivity contribution is 7.14. The number of methoxy groups -OCH3 is 1. The summed E-state index contributed by atoms with van der Waals surface area (Å²) in [5.41, 5.74) is 3.00. The molecule has 1 aromatic heterocycles. The van der Waals surface area contributed by atoms with Crippen molar-refractivity contribution in [1.82, 2.24) is 4.98 Å². The molecule has 0 unspecified atom stereocenters. The van der Waals surface area contributed by atoms with Gasteiger partial charge in [0, 0.05) is 39.8 Å². The summed E-state index contributed by atoms with van der Waals surface area (Å²) in [6.45, 7) is 4.72. The molecule has 0 fully saturated rings. The van der Waals surface area contributed by atoms with Crippen molar-refractivity contribution in [3.05, 3.63) is 68.0 Å². The molecule has 37 heavy (non-hydrogen) atoms. The van der Waals surface area contributed by atoms with Crippen LogP contribution in [0.15, 0.2) is 41.3 Å². The molecule has 0 saturated carbocycles. The van der Waals surface area contributed by atoms with E-state index in [1.54, 1.807) is 7.11 Å². The molecule has 0 radical (unpaired) electrons. The number of thiazole rings is 1. The minimum atomic E-state index is -1.09. The van der Waals surface area contributed by atoms with Crippen molar-refractivity contribution in [3.63, 3.8) is 0 Å². The number of carboxylic acid groups (broad SMARTS) is 1. The van der Waals surface area contributed by atoms with E-state index < -0.39 is 11.9 Å². The van der Waals surface area contributed by atoms with Crippen LogP contribution < -0.4 is 10.1 Å². The Balaban J connectivity index is 1.76. The van der Waals surface area contributed by atoms with Crippen LogP contribution in [0.4, 0.5) is 5.13 Å². The van der Waals surface area contributed by atoms with Crippen molar-refractivity contribution >= 4 is 57.6 Å². The van der Waals surface area contributed by atoms with Gasteiger partial charge in [-0.05, 0) is 37.6 Å². The van der Waals surface area contributed by atoms with Crippen LogP contribution in [-0.4, -0.2) is 35.7 Å². The SMILES string of the molecule is CCCCCOCc1cccc(-c2csc(NC(=O)c3cc(Cl)c(C=C(C)C(=O)O)c(Cl)c3)n2)c1OC. The van der Waals surface area contributed by atoms with E-state index in [1.165, 1.54) is 36.5 Å². The molecule has 3 aromatic rings. The van der Waals surface area contributed by atoms with Crippen LogP contribution in [0.5, 0.6) is 5.75 Å². The van der Waals surface area contributed by atoms with Crippen LogP contribution in [0.1, 0.15) is 54.6 Å². The lowest BCUT2D eigenvalue weighted by atomic mass is 10.1. The van der Waals surface area contributed by atoms with Crippen LogP contribution in [0.2, 0.25) is 10.0 Å². The molecular formula is C27H28Cl2N2O5S. The highest BCUT2D eigenvalue weighted by atomic mass is 35.5. The van der Waals surface area contributed by atoms with Gasteiger partial charge in [0.15, 0.2) is 5.13 Å². The molecule has 0 aliphatic heterocycles. The zero-order valence-corrected chi connectivity index (χ0v) is 23.1. The summed E-state index contributed by atoms with van der Waals surface area (Å²) in [7, 11) is 1.61. The minimum absolute atomic E-state index is 0.0684. The first kappa shape index (κ1) is 28.7. The fourth-order valence-corrected chi connectivity index (χ4v) is 4.83. The van der Waals surface area contributed by atoms with E-state index in [1.807, 2.05) is 23.6 Å². The Hall–Kier alpha value is -2.91. The third kappa shape index (κ3) is 7.55. The molecule has 0 atom stereocenters. The average molecular weight is 564 g/mol. The number of nitrogens with zero attached hydrogens (tertiary/aromatic N) is 1. The first-order valence-corrected chi connectivity index (χ1v) is 13.3. The molecule has 0 saturated heterocycles. The van der Waals surface area contributed by atoms with Gasteiger partial charge in [-0.25, -0.2) is 9.78 Å². The minimum Gasteiger partial charge on any atom is -0.496 e. The van der Waals surface area contributed by atoms with Crippen molar-refractivity contribution in [2.45, 2.75) is 39.7 Å². The number of carbonyl (C=O) groups excluding carboxylic acids is 1. The van der Waals surface area contributed by atoms with E-state index in [2.05, 4.69) is 17.2 Å². The maximum Gasteiger partial charge on any atom is 0.331 e. The van der Waals surface area contributed by atoms with Crippen molar-refractivity contribution in [2.24, 2.45) is 0 Å². The largest absolute Gasteiger partial charge is 0.496 e. The zero-order valence-electron chi connectivity index (χ0n) is 20.8. The molecule has 0 aliphatic rings. The van der Waals surface area contributed by atoms with Gasteiger partial charge in [0.25, 0.3) is 5.91 Å². The number of aromatic nitrogens is 1. The second kappa shape index (κ2) is 13.6. The summed E-state index contributed by atoms with van der Waals surface area (Å²) >= 11 is 13.8. The van der Waals surface area contributed by atoms with Gasteiger partial charge >= 0.3 is 5.97 Å². The van der Waals surface area contributed by atoms with Crippen LogP contribution in [0.25, 0.3) is 17.3 Å². The molecule has 10 heteroatoms. The third-order valence-electron chi connectivity index (χ3n) is 5.49. The van der Waals surface area contributed by atoms with Gasteiger partial charge in [-0.2, -0.15) is 0 Å². The number of aliphatic carboxylic acids is 1. The average Bonchev–Trinajstić information content (AvgIpc) is 3.33. The Bertz CT molecular complexity index is 1280. The summed E-state index contributed by atoms with van der Waals surface area (Å²) in [5, 5.41) is 14.4. The smallest absolute Gasteiger partial charge is 0.331 e. The van der Waals surface area contributed by atoms with Gasteiger partial charge in [0.05, 0.1) is 29.5 Å². The molecule has 7 nitrogen and oxygen atoms in total. The van der Waals surface area contributed by atoms with Gasteiger partial charge in [-0.3, -0.25) is 10.1 Å². The van der Waals surface area contributed by atoms with E-state index in [9.17, 15) is 9.59 Å². The Kier molecular flexibility index (Phi) is 10.5. The number of amides is 1. The molecule has 3 rings (SSSR count). The molecule has 0 aliphatic carbocycles. The van der Waals surface area contributed by atoms with E-state index in [0.717, 1.165) is 30.4 Å². The van der Waals surface area contributed by atoms with Gasteiger partial charge in [-0.1, -0.05) is 55.1 Å². The maximum absolute atomic E-state index is 12.9. The van der Waals surface area contributed by atoms with Crippen molar-refractivity contribution < 1.29 is 24.2 Å². The van der Waals surface area contributed by atoms with Gasteiger partial charge in [-0.15, -0.1) is 11.3 Å². The summed E-state index contributed by atoms with van der Waals surface area (Å²) in [6.07, 6.45) is 4.65. The third-order valence-corrected chi connectivity index (χ3v) is 6.87. The maximum atomic E-state index is 12.9. The second-order valence-electron chi connectivity index (χ2n) is 8.24. The zero-order chi connectivity index (χ0) is 26.9. The highest BCUT2D eigenvalue weighted by Gasteiger charge is 2.17. The number of benzene rings is 2. The summed E-state index contributed by atoms with van der Waals surface area (Å²) < 4.78 is 11.5. The van der Waals surface area contributed by atoms with E-state index in [-0.39, 0.29) is 21.2 Å². The molecule has 196 valence electrons. The number of para-hydroxylation sites is 1. The van der Waals surface area contributed by atoms with Gasteiger partial charge in [0.2, 0.25) is 0 Å². The lowest BCUT2D eigenvalue weighted by Crippen LogP contribution is -2.12. The first-order valence-electron chi connectivity index (χ1n) is 11.7. The summed E-state index contributed by atoms with van der Waals surface area (Å²) in [6, 6.07) is 8.66. The standard InChI is InChI=1S/C27H28Cl2N2O5S/c1-4-5-6-10-36-14-17-8-7-9-19(24(17)35-3)23-15-37-27(30-23)31-25(32)18-12-21(28)20(22(29)13-18)11-16(2)26(33)34/h7-9,11-13,15H,4-6,10,14H2,1-3H3,(H,33,34)(H,30,31,32). The van der Waals surface area contributed by atoms with E-state index >= 15 is 0 Å². The molecule has 1 heterocycles. The lowest BCUT2D eigenvalue weighted by Gasteiger charge is -2.13. The predicted octanol–water partition coefficient (Wildman–Crippen LogP) is 7.57. The number of ether oxygens (including phenoxy) is 2. The van der Waals surface area contributed by atoms with E-state index in [0.29, 0.717) is 35.4 Å². The quantitative estimate of drug-likeness (QED) is 0.174. The summed E-state index contributed by atoms with van der Waals surface area (Å²) in [4.78, 5) is 28.5. The lowest BCUT2D eigenvalue weighted by molar-refractivity contribution is -0.132. The summed E-state index contributed by atoms with van der Waals surface area (Å²) in [5.74, 6) is -0.855. The Morgan fingerprint density at radius 2 is 1.92 bits per heavy atom. The number of nitrogens with one attached hydrogen (secondary N) is 1. The normalized spacial score (nSPS) is 11.4. The molecule has 1 amide bonds. The number of carboxylic acids is 1. The van der Waals surface area contributed by atoms with Crippen LogP contribution in [-0.2, 0) is 16.1 Å². The number of unbranched alkanes of at least 4 members (excludes halogenated alkanes) is 2. The van der Waals surface area contributed by atoms with Crippen molar-refractivity contribution in [2.75, 3.05) is 19.0 Å². The number of hydrogen-bond donors (Lipinski definition) is 2. The topological polar surface area (TPSA) is 97.8 Å². The highest BCUT2D eigenvalue weighted by Crippen LogP contribution is 2.35. The fraction of sp³-hybridized carbons (Fsp3) is 0.296. The fourth-order valence-electron chi connectivity index (χ4n) is 3.53. The number of rotatable bonds is 12. The van der Waals surface area contributed by atoms with Gasteiger partial charge in [0.1, 0.15) is 5.75 Å². The van der Waals surface area contributed by atoms with E-state index in [4.69, 9.17) is 37.8 Å². The molecule has 0 bridgehead atoms. The molecule has 0 spiro atoms. The number of anilines is 1. The van der Waals surface area contributed by atoms with Crippen LogP contribution >= 0.6 is 34.5 Å². The number of carbonyl (C=O) groups is 2. The Labute approximate surface area is 230 Å². The Morgan fingerprint density at radius 3 is 2.57 bits per heavy atom. The number of halogens is 2. The Morgan fingerprint density at radius 1 is 1.19 bits per heavy atom. The monoisotopic (exact) mass is 562 g/mol. The second-order valence-corrected chi connectivity index (χ2v) is 9.91. The van der Waals surface area contributed by atoms with Crippen LogP contribution in [0, 0.1) is 0 Å². The van der Waals surface area contributed by atoms with Crippen LogP contribution in [0.3, 0.4) is 0 Å². The van der Waals surface area contributed by atoms with Crippen molar-refractivity contribution in [1.29, 1.82) is 0 Å².